The quantitative estimate of drug-likeness (QED) is 0.857. The van der Waals surface area contributed by atoms with Gasteiger partial charge < -0.3 is 10.2 Å². The van der Waals surface area contributed by atoms with Crippen LogP contribution in [0.4, 0.5) is 0 Å². The van der Waals surface area contributed by atoms with E-state index < -0.39 is 0 Å². The zero-order valence-corrected chi connectivity index (χ0v) is 16.8. The molecule has 24 heavy (non-hydrogen) atoms. The molecule has 0 unspecified atom stereocenters. The highest BCUT2D eigenvalue weighted by Crippen LogP contribution is 2.13. The lowest BCUT2D eigenvalue weighted by atomic mass is 10.1. The number of benzene rings is 1. The molecule has 1 amide bonds. The van der Waals surface area contributed by atoms with Gasteiger partial charge in [-0.1, -0.05) is 19.1 Å². The molecule has 0 bridgehead atoms. The van der Waals surface area contributed by atoms with E-state index in [-0.39, 0.29) is 36.8 Å². The third-order valence-electron chi connectivity index (χ3n) is 4.49. The Kier molecular flexibility index (Phi) is 10.6. The number of nitrogens with one attached hydrogen (secondary N) is 1. The van der Waals surface area contributed by atoms with Crippen molar-refractivity contribution in [1.82, 2.24) is 15.1 Å². The van der Waals surface area contributed by atoms with E-state index >= 15 is 0 Å². The molecule has 1 atom stereocenters. The summed E-state index contributed by atoms with van der Waals surface area (Å²) in [5.74, 6) is 0.150. The summed E-state index contributed by atoms with van der Waals surface area (Å²) in [6, 6.07) is 8.92. The lowest BCUT2D eigenvalue weighted by Gasteiger charge is -2.34. The number of rotatable bonds is 5. The van der Waals surface area contributed by atoms with Gasteiger partial charge in [0.15, 0.2) is 0 Å². The number of hydrogen-bond acceptors (Lipinski definition) is 3. The van der Waals surface area contributed by atoms with E-state index in [9.17, 15) is 4.79 Å². The monoisotopic (exact) mass is 375 g/mol. The Balaban J connectivity index is 0.00000264. The highest BCUT2D eigenvalue weighted by atomic mass is 35.5. The van der Waals surface area contributed by atoms with Crippen LogP contribution in [-0.2, 0) is 6.54 Å². The number of nitrogens with zero attached hydrogens (tertiary/aromatic N) is 2. The zero-order valence-electron chi connectivity index (χ0n) is 15.1. The first-order valence-corrected chi connectivity index (χ1v) is 8.37. The lowest BCUT2D eigenvalue weighted by Crippen LogP contribution is -2.52. The van der Waals surface area contributed by atoms with Crippen LogP contribution in [0.15, 0.2) is 24.3 Å². The summed E-state index contributed by atoms with van der Waals surface area (Å²) in [7, 11) is 0. The summed E-state index contributed by atoms with van der Waals surface area (Å²) in [6.07, 6.45) is 0. The number of halogens is 2. The number of piperazine rings is 1. The fourth-order valence-electron chi connectivity index (χ4n) is 2.96. The van der Waals surface area contributed by atoms with Crippen LogP contribution < -0.4 is 5.32 Å². The summed E-state index contributed by atoms with van der Waals surface area (Å²) in [6.45, 7) is 13.2. The van der Waals surface area contributed by atoms with Gasteiger partial charge in [0, 0.05) is 43.8 Å². The molecule has 138 valence electrons. The first-order valence-electron chi connectivity index (χ1n) is 8.37. The summed E-state index contributed by atoms with van der Waals surface area (Å²) < 4.78 is 0. The molecule has 6 heteroatoms. The molecular weight excluding hydrogens is 345 g/mol. The van der Waals surface area contributed by atoms with Gasteiger partial charge in [-0.15, -0.1) is 24.8 Å². The van der Waals surface area contributed by atoms with E-state index in [1.807, 2.05) is 17.0 Å². The molecular formula is C18H31Cl2N3O. The summed E-state index contributed by atoms with van der Waals surface area (Å²) >= 11 is 0. The molecule has 2 rings (SSSR count). The Bertz CT molecular complexity index is 494. The van der Waals surface area contributed by atoms with Crippen molar-refractivity contribution in [3.05, 3.63) is 35.4 Å². The molecule has 0 radical (unpaired) electrons. The number of carbonyl (C=O) groups is 1. The zero-order chi connectivity index (χ0) is 16.1. The molecule has 0 spiro atoms. The maximum atomic E-state index is 12.6. The summed E-state index contributed by atoms with van der Waals surface area (Å²) in [5.41, 5.74) is 2.06. The first kappa shape index (κ1) is 23.2. The molecule has 1 saturated heterocycles. The third kappa shape index (κ3) is 5.92. The second-order valence-electron chi connectivity index (χ2n) is 6.41. The van der Waals surface area contributed by atoms with Crippen molar-refractivity contribution in [2.75, 3.05) is 26.2 Å². The molecule has 1 aromatic rings. The maximum Gasteiger partial charge on any atom is 0.254 e. The average Bonchev–Trinajstić information content (AvgIpc) is 2.52. The number of hydrogen-bond donors (Lipinski definition) is 1. The normalized spacial score (nSPS) is 17.4. The Morgan fingerprint density at radius 2 is 1.92 bits per heavy atom. The largest absolute Gasteiger partial charge is 0.333 e. The van der Waals surface area contributed by atoms with Crippen LogP contribution in [0.5, 0.6) is 0 Å². The molecule has 1 aliphatic rings. The van der Waals surface area contributed by atoms with E-state index in [0.29, 0.717) is 6.04 Å². The van der Waals surface area contributed by atoms with Crippen molar-refractivity contribution >= 4 is 30.7 Å². The highest BCUT2D eigenvalue weighted by molar-refractivity contribution is 5.94. The van der Waals surface area contributed by atoms with Gasteiger partial charge in [0.1, 0.15) is 0 Å². The van der Waals surface area contributed by atoms with E-state index in [1.165, 1.54) is 5.56 Å². The molecule has 0 aromatic heterocycles. The van der Waals surface area contributed by atoms with Gasteiger partial charge in [-0.25, -0.2) is 0 Å². The van der Waals surface area contributed by atoms with Gasteiger partial charge in [-0.2, -0.15) is 0 Å². The summed E-state index contributed by atoms with van der Waals surface area (Å²) in [4.78, 5) is 17.0. The first-order chi connectivity index (χ1) is 10.5. The van der Waals surface area contributed by atoms with Crippen molar-refractivity contribution in [2.45, 2.75) is 46.3 Å². The molecule has 1 N–H and O–H groups in total. The van der Waals surface area contributed by atoms with Crippen molar-refractivity contribution in [2.24, 2.45) is 0 Å². The van der Waals surface area contributed by atoms with E-state index in [4.69, 9.17) is 0 Å². The van der Waals surface area contributed by atoms with Gasteiger partial charge in [0.2, 0.25) is 0 Å². The summed E-state index contributed by atoms with van der Waals surface area (Å²) in [5, 5.41) is 3.32. The number of amides is 1. The Morgan fingerprint density at radius 3 is 2.42 bits per heavy atom. The van der Waals surface area contributed by atoms with E-state index in [0.717, 1.165) is 38.3 Å². The molecule has 0 saturated carbocycles. The van der Waals surface area contributed by atoms with Gasteiger partial charge in [-0.05, 0) is 45.0 Å². The van der Waals surface area contributed by atoms with Crippen LogP contribution in [0.2, 0.25) is 0 Å². The minimum Gasteiger partial charge on any atom is -0.333 e. The van der Waals surface area contributed by atoms with Gasteiger partial charge in [0.05, 0.1) is 0 Å². The standard InChI is InChI=1S/C18H29N3O.2ClH/c1-5-20(14(2)3)13-16-6-8-17(9-7-16)18(22)21-11-10-19-12-15(21)4;;/h6-9,14-15,19H,5,10-13H2,1-4H3;2*1H/t15-;;/m0../s1. The van der Waals surface area contributed by atoms with Crippen LogP contribution in [-0.4, -0.2) is 54.0 Å². The minimum absolute atomic E-state index is 0. The van der Waals surface area contributed by atoms with Crippen LogP contribution in [0.25, 0.3) is 0 Å². The fourth-order valence-corrected chi connectivity index (χ4v) is 2.96. The van der Waals surface area contributed by atoms with Gasteiger partial charge in [0.25, 0.3) is 5.91 Å². The van der Waals surface area contributed by atoms with Crippen LogP contribution in [0.3, 0.4) is 0 Å². The van der Waals surface area contributed by atoms with E-state index in [1.54, 1.807) is 0 Å². The predicted octanol–water partition coefficient (Wildman–Crippen LogP) is 3.19. The molecule has 1 fully saturated rings. The second-order valence-corrected chi connectivity index (χ2v) is 6.41. The minimum atomic E-state index is 0. The molecule has 0 aliphatic carbocycles. The Morgan fingerprint density at radius 1 is 1.29 bits per heavy atom. The molecule has 1 aromatic carbocycles. The van der Waals surface area contributed by atoms with Crippen LogP contribution >= 0.6 is 24.8 Å². The average molecular weight is 376 g/mol. The SMILES string of the molecule is CCN(Cc1ccc(C(=O)N2CCNC[C@@H]2C)cc1)C(C)C.Cl.Cl. The van der Waals surface area contributed by atoms with Crippen molar-refractivity contribution in [3.63, 3.8) is 0 Å². The second kappa shape index (κ2) is 10.9. The van der Waals surface area contributed by atoms with Crippen molar-refractivity contribution in [3.8, 4) is 0 Å². The number of carbonyl (C=O) groups excluding carboxylic acids is 1. The Labute approximate surface area is 158 Å². The van der Waals surface area contributed by atoms with Gasteiger partial charge >= 0.3 is 0 Å². The Hall–Kier alpha value is -0.810. The molecule has 1 heterocycles. The van der Waals surface area contributed by atoms with Crippen molar-refractivity contribution < 1.29 is 4.79 Å². The lowest BCUT2D eigenvalue weighted by molar-refractivity contribution is 0.0655. The third-order valence-corrected chi connectivity index (χ3v) is 4.49. The van der Waals surface area contributed by atoms with Gasteiger partial charge in [-0.3, -0.25) is 9.69 Å². The molecule has 4 nitrogen and oxygen atoms in total. The fraction of sp³-hybridized carbons (Fsp3) is 0.611. The topological polar surface area (TPSA) is 35.6 Å². The predicted molar refractivity (Wildman–Crippen MR) is 106 cm³/mol. The van der Waals surface area contributed by atoms with Crippen LogP contribution in [0.1, 0.15) is 43.6 Å². The van der Waals surface area contributed by atoms with Crippen LogP contribution in [0, 0.1) is 0 Å². The molecule has 1 aliphatic heterocycles. The van der Waals surface area contributed by atoms with Crippen molar-refractivity contribution in [1.29, 1.82) is 0 Å². The van der Waals surface area contributed by atoms with E-state index in [2.05, 4.69) is 50.0 Å². The smallest absolute Gasteiger partial charge is 0.254 e. The maximum absolute atomic E-state index is 12.6. The highest BCUT2D eigenvalue weighted by Gasteiger charge is 2.23.